The fourth-order valence-electron chi connectivity index (χ4n) is 2.34. The highest BCUT2D eigenvalue weighted by molar-refractivity contribution is 5.93. The first-order chi connectivity index (χ1) is 8.79. The Bertz CT molecular complexity index is 681. The highest BCUT2D eigenvalue weighted by Gasteiger charge is 2.11. The van der Waals surface area contributed by atoms with E-state index in [1.807, 2.05) is 6.07 Å². The summed E-state index contributed by atoms with van der Waals surface area (Å²) in [5, 5.41) is 5.97. The van der Waals surface area contributed by atoms with Crippen LogP contribution in [0.1, 0.15) is 12.5 Å². The predicted octanol–water partition coefficient (Wildman–Crippen LogP) is 4.03. The molecule has 18 heavy (non-hydrogen) atoms. The van der Waals surface area contributed by atoms with Gasteiger partial charge in [-0.3, -0.25) is 4.68 Å². The maximum absolute atomic E-state index is 4.74. The quantitative estimate of drug-likeness (QED) is 0.656. The molecule has 0 aliphatic carbocycles. The lowest BCUT2D eigenvalue weighted by molar-refractivity contribution is 0.686. The molecule has 0 radical (unpaired) electrons. The summed E-state index contributed by atoms with van der Waals surface area (Å²) in [7, 11) is 0. The Morgan fingerprint density at radius 3 is 2.56 bits per heavy atom. The molecule has 2 heteroatoms. The summed E-state index contributed by atoms with van der Waals surface area (Å²) in [6, 6.07) is 16.9. The normalized spacial score (nSPS) is 11.0. The topological polar surface area (TPSA) is 17.8 Å². The summed E-state index contributed by atoms with van der Waals surface area (Å²) in [5.41, 5.74) is 4.74. The second-order valence-corrected chi connectivity index (χ2v) is 4.55. The van der Waals surface area contributed by atoms with Gasteiger partial charge in [0.1, 0.15) is 5.69 Å². The molecule has 0 fully saturated rings. The lowest BCUT2D eigenvalue weighted by atomic mass is 10.1. The third-order valence-corrected chi connectivity index (χ3v) is 3.25. The molecule has 0 amide bonds. The van der Waals surface area contributed by atoms with Crippen molar-refractivity contribution in [3.05, 3.63) is 54.1 Å². The van der Waals surface area contributed by atoms with Crippen LogP contribution in [0.5, 0.6) is 0 Å². The van der Waals surface area contributed by atoms with E-state index in [4.69, 9.17) is 5.10 Å². The zero-order valence-corrected chi connectivity index (χ0v) is 10.7. The van der Waals surface area contributed by atoms with Gasteiger partial charge in [0.2, 0.25) is 0 Å². The predicted molar refractivity (Wildman–Crippen MR) is 75.6 cm³/mol. The molecule has 3 aromatic rings. The van der Waals surface area contributed by atoms with Crippen molar-refractivity contribution in [1.82, 2.24) is 9.78 Å². The van der Waals surface area contributed by atoms with Gasteiger partial charge in [0, 0.05) is 17.5 Å². The van der Waals surface area contributed by atoms with E-state index in [9.17, 15) is 0 Å². The first-order valence-electron chi connectivity index (χ1n) is 6.32. The van der Waals surface area contributed by atoms with Crippen LogP contribution in [0, 0.1) is 6.92 Å². The van der Waals surface area contributed by atoms with E-state index in [2.05, 4.69) is 61.0 Å². The number of aryl methyl sites for hydroxylation is 2. The van der Waals surface area contributed by atoms with Crippen molar-refractivity contribution >= 4 is 10.9 Å². The van der Waals surface area contributed by atoms with Crippen LogP contribution < -0.4 is 0 Å². The molecule has 0 N–H and O–H groups in total. The zero-order valence-electron chi connectivity index (χ0n) is 10.7. The molecule has 3 rings (SSSR count). The number of hydrogen-bond acceptors (Lipinski definition) is 1. The second kappa shape index (κ2) is 4.30. The number of fused-ring (bicyclic) bond motifs is 1. The fraction of sp³-hybridized carbons (Fsp3) is 0.188. The maximum atomic E-state index is 4.74. The number of rotatable bonds is 2. The molecule has 90 valence electrons. The monoisotopic (exact) mass is 236 g/mol. The van der Waals surface area contributed by atoms with Gasteiger partial charge >= 0.3 is 0 Å². The first kappa shape index (κ1) is 11.0. The largest absolute Gasteiger partial charge is 0.265 e. The molecule has 2 nitrogen and oxygen atoms in total. The Morgan fingerprint density at radius 1 is 1.06 bits per heavy atom. The van der Waals surface area contributed by atoms with Gasteiger partial charge in [0.05, 0.1) is 5.52 Å². The van der Waals surface area contributed by atoms with E-state index in [1.165, 1.54) is 22.0 Å². The average Bonchev–Trinajstić information content (AvgIpc) is 2.77. The molecule has 2 aromatic carbocycles. The summed E-state index contributed by atoms with van der Waals surface area (Å²) >= 11 is 0. The van der Waals surface area contributed by atoms with E-state index in [0.29, 0.717) is 0 Å². The first-order valence-corrected chi connectivity index (χ1v) is 6.32. The highest BCUT2D eigenvalue weighted by Crippen LogP contribution is 2.28. The van der Waals surface area contributed by atoms with E-state index in [0.717, 1.165) is 12.2 Å². The van der Waals surface area contributed by atoms with Gasteiger partial charge in [-0.05, 0) is 26.0 Å². The van der Waals surface area contributed by atoms with Gasteiger partial charge in [-0.2, -0.15) is 5.10 Å². The minimum atomic E-state index is 0.895. The fourth-order valence-corrected chi connectivity index (χ4v) is 2.34. The lowest BCUT2D eigenvalue weighted by Gasteiger charge is -1.98. The molecule has 0 aliphatic rings. The molecule has 1 aromatic heterocycles. The second-order valence-electron chi connectivity index (χ2n) is 4.55. The number of aromatic nitrogens is 2. The molecule has 0 saturated heterocycles. The molecule has 0 unspecified atom stereocenters. The maximum Gasteiger partial charge on any atom is 0.100 e. The SMILES string of the molecule is CCn1nc(-c2ccccc2)c2cc(C)ccc21. The van der Waals surface area contributed by atoms with Crippen LogP contribution in [0.2, 0.25) is 0 Å². The van der Waals surface area contributed by atoms with Crippen LogP contribution in [0.4, 0.5) is 0 Å². The van der Waals surface area contributed by atoms with Gasteiger partial charge in [0.25, 0.3) is 0 Å². The smallest absolute Gasteiger partial charge is 0.100 e. The lowest BCUT2D eigenvalue weighted by Crippen LogP contribution is -1.95. The highest BCUT2D eigenvalue weighted by atomic mass is 15.3. The van der Waals surface area contributed by atoms with Crippen LogP contribution in [0.25, 0.3) is 22.2 Å². The van der Waals surface area contributed by atoms with E-state index >= 15 is 0 Å². The van der Waals surface area contributed by atoms with Gasteiger partial charge < -0.3 is 0 Å². The Balaban J connectivity index is 2.32. The van der Waals surface area contributed by atoms with Crippen molar-refractivity contribution in [2.45, 2.75) is 20.4 Å². The van der Waals surface area contributed by atoms with Gasteiger partial charge in [-0.1, -0.05) is 42.0 Å². The van der Waals surface area contributed by atoms with Crippen molar-refractivity contribution in [3.8, 4) is 11.3 Å². The van der Waals surface area contributed by atoms with Crippen molar-refractivity contribution in [2.24, 2.45) is 0 Å². The molecule has 0 spiro atoms. The van der Waals surface area contributed by atoms with Crippen LogP contribution in [0.3, 0.4) is 0 Å². The van der Waals surface area contributed by atoms with Crippen molar-refractivity contribution < 1.29 is 0 Å². The third kappa shape index (κ3) is 1.70. The molecule has 0 saturated carbocycles. The number of hydrogen-bond donors (Lipinski definition) is 0. The third-order valence-electron chi connectivity index (χ3n) is 3.25. The molecule has 0 atom stereocenters. The van der Waals surface area contributed by atoms with Crippen molar-refractivity contribution in [2.75, 3.05) is 0 Å². The zero-order chi connectivity index (χ0) is 12.5. The van der Waals surface area contributed by atoms with Crippen LogP contribution in [0.15, 0.2) is 48.5 Å². The summed E-state index contributed by atoms with van der Waals surface area (Å²) < 4.78 is 2.07. The Hall–Kier alpha value is -2.09. The van der Waals surface area contributed by atoms with E-state index in [-0.39, 0.29) is 0 Å². The van der Waals surface area contributed by atoms with Crippen LogP contribution >= 0.6 is 0 Å². The summed E-state index contributed by atoms with van der Waals surface area (Å²) in [5.74, 6) is 0. The van der Waals surface area contributed by atoms with Crippen molar-refractivity contribution in [3.63, 3.8) is 0 Å². The average molecular weight is 236 g/mol. The molecular formula is C16H16N2. The van der Waals surface area contributed by atoms with Crippen LogP contribution in [-0.2, 0) is 6.54 Å². The molecular weight excluding hydrogens is 220 g/mol. The molecule has 1 heterocycles. The Labute approximate surface area is 107 Å². The van der Waals surface area contributed by atoms with Crippen LogP contribution in [-0.4, -0.2) is 9.78 Å². The summed E-state index contributed by atoms with van der Waals surface area (Å²) in [6.07, 6.45) is 0. The van der Waals surface area contributed by atoms with Gasteiger partial charge in [0.15, 0.2) is 0 Å². The Morgan fingerprint density at radius 2 is 1.83 bits per heavy atom. The van der Waals surface area contributed by atoms with Crippen molar-refractivity contribution in [1.29, 1.82) is 0 Å². The minimum absolute atomic E-state index is 0.895. The molecule has 0 bridgehead atoms. The standard InChI is InChI=1S/C16H16N2/c1-3-18-15-10-9-12(2)11-14(15)16(17-18)13-7-5-4-6-8-13/h4-11H,3H2,1-2H3. The number of benzene rings is 2. The van der Waals surface area contributed by atoms with E-state index in [1.54, 1.807) is 0 Å². The molecule has 0 aliphatic heterocycles. The minimum Gasteiger partial charge on any atom is -0.265 e. The summed E-state index contributed by atoms with van der Waals surface area (Å²) in [6.45, 7) is 5.14. The van der Waals surface area contributed by atoms with Gasteiger partial charge in [-0.25, -0.2) is 0 Å². The van der Waals surface area contributed by atoms with E-state index < -0.39 is 0 Å². The Kier molecular flexibility index (Phi) is 2.63. The number of nitrogens with zero attached hydrogens (tertiary/aromatic N) is 2. The summed E-state index contributed by atoms with van der Waals surface area (Å²) in [4.78, 5) is 0. The van der Waals surface area contributed by atoms with Gasteiger partial charge in [-0.15, -0.1) is 0 Å².